The van der Waals surface area contributed by atoms with Crippen molar-refractivity contribution in [2.75, 3.05) is 17.3 Å². The lowest BCUT2D eigenvalue weighted by molar-refractivity contribution is -0.117. The standard InChI is InChI=1S/C9H16N4OS/c1-13-6-7(5-11-13)12-9(14)8(10)3-4-15-2/h5-6,8H,3-4,10H2,1-2H3,(H,12,14)/t8-/m1/s1. The largest absolute Gasteiger partial charge is 0.322 e. The van der Waals surface area contributed by atoms with Crippen LogP contribution in [0.15, 0.2) is 12.4 Å². The lowest BCUT2D eigenvalue weighted by Crippen LogP contribution is -2.35. The number of carbonyl (C=O) groups excluding carboxylic acids is 1. The molecule has 0 spiro atoms. The Bertz CT molecular complexity index is 326. The zero-order valence-corrected chi connectivity index (χ0v) is 9.75. The fraction of sp³-hybridized carbons (Fsp3) is 0.556. The van der Waals surface area contributed by atoms with E-state index in [0.29, 0.717) is 12.1 Å². The lowest BCUT2D eigenvalue weighted by atomic mass is 10.2. The average Bonchev–Trinajstić information content (AvgIpc) is 2.60. The minimum Gasteiger partial charge on any atom is -0.322 e. The topological polar surface area (TPSA) is 72.9 Å². The van der Waals surface area contributed by atoms with E-state index in [0.717, 1.165) is 5.75 Å². The van der Waals surface area contributed by atoms with Crippen LogP contribution in [0.1, 0.15) is 6.42 Å². The van der Waals surface area contributed by atoms with Crippen molar-refractivity contribution in [3.05, 3.63) is 12.4 Å². The van der Waals surface area contributed by atoms with Crippen LogP contribution in [-0.2, 0) is 11.8 Å². The number of rotatable bonds is 5. The number of hydrogen-bond acceptors (Lipinski definition) is 4. The van der Waals surface area contributed by atoms with Gasteiger partial charge in [0.2, 0.25) is 5.91 Å². The van der Waals surface area contributed by atoms with Gasteiger partial charge in [0.25, 0.3) is 0 Å². The molecule has 0 aliphatic heterocycles. The van der Waals surface area contributed by atoms with Gasteiger partial charge < -0.3 is 11.1 Å². The normalized spacial score (nSPS) is 12.5. The van der Waals surface area contributed by atoms with Gasteiger partial charge in [-0.3, -0.25) is 9.48 Å². The highest BCUT2D eigenvalue weighted by Crippen LogP contribution is 2.05. The van der Waals surface area contributed by atoms with Crippen LogP contribution in [0.25, 0.3) is 0 Å². The zero-order valence-electron chi connectivity index (χ0n) is 8.93. The van der Waals surface area contributed by atoms with Gasteiger partial charge in [0, 0.05) is 13.2 Å². The maximum Gasteiger partial charge on any atom is 0.241 e. The Morgan fingerprint density at radius 2 is 2.53 bits per heavy atom. The second-order valence-corrected chi connectivity index (χ2v) is 4.27. The van der Waals surface area contributed by atoms with E-state index in [4.69, 9.17) is 5.73 Å². The molecule has 1 amide bonds. The van der Waals surface area contributed by atoms with E-state index < -0.39 is 6.04 Å². The van der Waals surface area contributed by atoms with Crippen molar-refractivity contribution in [2.45, 2.75) is 12.5 Å². The van der Waals surface area contributed by atoms with Gasteiger partial charge in [-0.05, 0) is 18.4 Å². The first-order valence-electron chi connectivity index (χ1n) is 4.67. The Balaban J connectivity index is 2.41. The molecule has 84 valence electrons. The molecule has 3 N–H and O–H groups in total. The minimum absolute atomic E-state index is 0.156. The fourth-order valence-electron chi connectivity index (χ4n) is 1.10. The van der Waals surface area contributed by atoms with Crippen molar-refractivity contribution in [2.24, 2.45) is 12.8 Å². The third kappa shape index (κ3) is 3.93. The van der Waals surface area contributed by atoms with E-state index in [2.05, 4.69) is 10.4 Å². The van der Waals surface area contributed by atoms with Crippen molar-refractivity contribution in [3.63, 3.8) is 0 Å². The van der Waals surface area contributed by atoms with Crippen LogP contribution in [0.3, 0.4) is 0 Å². The van der Waals surface area contributed by atoms with E-state index in [1.165, 1.54) is 0 Å². The van der Waals surface area contributed by atoms with Gasteiger partial charge in [-0.2, -0.15) is 16.9 Å². The summed E-state index contributed by atoms with van der Waals surface area (Å²) in [5.41, 5.74) is 6.39. The molecule has 1 atom stereocenters. The Labute approximate surface area is 93.4 Å². The molecule has 0 fully saturated rings. The van der Waals surface area contributed by atoms with Gasteiger partial charge in [-0.15, -0.1) is 0 Å². The van der Waals surface area contributed by atoms with E-state index in [-0.39, 0.29) is 5.91 Å². The second kappa shape index (κ2) is 5.77. The number of carbonyl (C=O) groups is 1. The van der Waals surface area contributed by atoms with Crippen molar-refractivity contribution in [3.8, 4) is 0 Å². The third-order valence-corrected chi connectivity index (χ3v) is 2.59. The Kier molecular flexibility index (Phi) is 4.64. The summed E-state index contributed by atoms with van der Waals surface area (Å²) in [7, 11) is 1.79. The summed E-state index contributed by atoms with van der Waals surface area (Å²) in [6.07, 6.45) is 6.01. The second-order valence-electron chi connectivity index (χ2n) is 3.28. The van der Waals surface area contributed by atoms with E-state index in [1.54, 1.807) is 35.9 Å². The van der Waals surface area contributed by atoms with Crippen LogP contribution in [0.2, 0.25) is 0 Å². The first kappa shape index (κ1) is 12.1. The molecule has 0 aromatic carbocycles. The maximum absolute atomic E-state index is 11.5. The van der Waals surface area contributed by atoms with Crippen molar-refractivity contribution >= 4 is 23.4 Å². The number of aromatic nitrogens is 2. The van der Waals surface area contributed by atoms with Gasteiger partial charge >= 0.3 is 0 Å². The molecular weight excluding hydrogens is 212 g/mol. The van der Waals surface area contributed by atoms with Crippen LogP contribution in [-0.4, -0.2) is 33.7 Å². The van der Waals surface area contributed by atoms with Gasteiger partial charge in [0.05, 0.1) is 17.9 Å². The van der Waals surface area contributed by atoms with Crippen LogP contribution in [0, 0.1) is 0 Å². The zero-order chi connectivity index (χ0) is 11.3. The summed E-state index contributed by atoms with van der Waals surface area (Å²) >= 11 is 1.68. The monoisotopic (exact) mass is 228 g/mol. The predicted octanol–water partition coefficient (Wildman–Crippen LogP) is 0.439. The molecule has 0 saturated heterocycles. The molecule has 0 bridgehead atoms. The summed E-state index contributed by atoms with van der Waals surface area (Å²) in [5, 5.41) is 6.66. The number of nitrogens with zero attached hydrogens (tertiary/aromatic N) is 2. The number of nitrogens with one attached hydrogen (secondary N) is 1. The number of aryl methyl sites for hydroxylation is 1. The molecule has 15 heavy (non-hydrogen) atoms. The molecule has 1 aromatic heterocycles. The average molecular weight is 228 g/mol. The molecule has 1 heterocycles. The summed E-state index contributed by atoms with van der Waals surface area (Å²) in [6, 6.07) is -0.447. The first-order chi connectivity index (χ1) is 7.13. The summed E-state index contributed by atoms with van der Waals surface area (Å²) in [4.78, 5) is 11.5. The van der Waals surface area contributed by atoms with Gasteiger partial charge in [-0.1, -0.05) is 0 Å². The molecule has 0 unspecified atom stereocenters. The van der Waals surface area contributed by atoms with Gasteiger partial charge in [0.15, 0.2) is 0 Å². The first-order valence-corrected chi connectivity index (χ1v) is 6.07. The van der Waals surface area contributed by atoms with Crippen LogP contribution < -0.4 is 11.1 Å². The van der Waals surface area contributed by atoms with Crippen molar-refractivity contribution < 1.29 is 4.79 Å². The number of amides is 1. The number of hydrogen-bond donors (Lipinski definition) is 2. The molecule has 6 heteroatoms. The Morgan fingerprint density at radius 1 is 1.80 bits per heavy atom. The number of nitrogens with two attached hydrogens (primary N) is 1. The summed E-state index contributed by atoms with van der Waals surface area (Å²) in [6.45, 7) is 0. The van der Waals surface area contributed by atoms with Gasteiger partial charge in [-0.25, -0.2) is 0 Å². The molecule has 0 aliphatic rings. The highest BCUT2D eigenvalue weighted by Gasteiger charge is 2.13. The molecule has 1 rings (SSSR count). The van der Waals surface area contributed by atoms with Crippen LogP contribution in [0.5, 0.6) is 0 Å². The van der Waals surface area contributed by atoms with Crippen molar-refractivity contribution in [1.29, 1.82) is 0 Å². The van der Waals surface area contributed by atoms with Crippen LogP contribution >= 0.6 is 11.8 Å². The highest BCUT2D eigenvalue weighted by molar-refractivity contribution is 7.98. The maximum atomic E-state index is 11.5. The quantitative estimate of drug-likeness (QED) is 0.767. The summed E-state index contributed by atoms with van der Waals surface area (Å²) in [5.74, 6) is 0.735. The van der Waals surface area contributed by atoms with Crippen molar-refractivity contribution in [1.82, 2.24) is 9.78 Å². The highest BCUT2D eigenvalue weighted by atomic mass is 32.2. The lowest BCUT2D eigenvalue weighted by Gasteiger charge is -2.09. The third-order valence-electron chi connectivity index (χ3n) is 1.94. The molecule has 0 radical (unpaired) electrons. The fourth-order valence-corrected chi connectivity index (χ4v) is 1.59. The smallest absolute Gasteiger partial charge is 0.241 e. The summed E-state index contributed by atoms with van der Waals surface area (Å²) < 4.78 is 1.63. The van der Waals surface area contributed by atoms with E-state index >= 15 is 0 Å². The molecular formula is C9H16N4OS. The molecule has 0 aliphatic carbocycles. The molecule has 1 aromatic rings. The molecule has 0 saturated carbocycles. The SMILES string of the molecule is CSCC[C@@H](N)C(=O)Nc1cnn(C)c1. The van der Waals surface area contributed by atoms with Gasteiger partial charge in [0.1, 0.15) is 0 Å². The van der Waals surface area contributed by atoms with Crippen LogP contribution in [0.4, 0.5) is 5.69 Å². The van der Waals surface area contributed by atoms with E-state index in [9.17, 15) is 4.79 Å². The number of anilines is 1. The predicted molar refractivity (Wildman–Crippen MR) is 62.8 cm³/mol. The Hall–Kier alpha value is -1.01. The number of thioether (sulfide) groups is 1. The minimum atomic E-state index is -0.447. The van der Waals surface area contributed by atoms with E-state index in [1.807, 2.05) is 6.26 Å². The Morgan fingerprint density at radius 3 is 3.07 bits per heavy atom. The molecule has 5 nitrogen and oxygen atoms in total.